The molecule has 0 bridgehead atoms. The lowest BCUT2D eigenvalue weighted by Crippen LogP contribution is -2.20. The first kappa shape index (κ1) is 17.2. The van der Waals surface area contributed by atoms with Crippen LogP contribution in [0.25, 0.3) is 22.4 Å². The van der Waals surface area contributed by atoms with E-state index in [2.05, 4.69) is 15.3 Å². The zero-order valence-electron chi connectivity index (χ0n) is 14.7. The molecule has 136 valence electrons. The predicted octanol–water partition coefficient (Wildman–Crippen LogP) is 3.79. The van der Waals surface area contributed by atoms with Crippen LogP contribution in [0.5, 0.6) is 0 Å². The molecule has 7 heteroatoms. The molecule has 0 aliphatic carbocycles. The number of fused-ring (bicyclic) bond motifs is 1. The number of aryl methyl sites for hydroxylation is 1. The topological polar surface area (TPSA) is 79.8 Å². The summed E-state index contributed by atoms with van der Waals surface area (Å²) in [5.41, 5.74) is 4.21. The van der Waals surface area contributed by atoms with E-state index in [9.17, 15) is 9.59 Å². The van der Waals surface area contributed by atoms with Gasteiger partial charge >= 0.3 is 4.87 Å². The van der Waals surface area contributed by atoms with Gasteiger partial charge in [-0.2, -0.15) is 0 Å². The van der Waals surface area contributed by atoms with Crippen LogP contribution in [0.15, 0.2) is 58.7 Å². The molecule has 0 radical (unpaired) electrons. The minimum absolute atomic E-state index is 0.0389. The second kappa shape index (κ2) is 7.20. The molecule has 0 aliphatic rings. The maximum atomic E-state index is 12.4. The van der Waals surface area contributed by atoms with Crippen molar-refractivity contribution in [2.75, 3.05) is 5.32 Å². The lowest BCUT2D eigenvalue weighted by atomic mass is 10.1. The van der Waals surface area contributed by atoms with E-state index < -0.39 is 0 Å². The highest BCUT2D eigenvalue weighted by Crippen LogP contribution is 2.27. The molecule has 27 heavy (non-hydrogen) atoms. The van der Waals surface area contributed by atoms with Gasteiger partial charge < -0.3 is 14.9 Å². The molecular formula is C20H18N4O2S. The lowest BCUT2D eigenvalue weighted by molar-refractivity contribution is -0.116. The van der Waals surface area contributed by atoms with Gasteiger partial charge in [0, 0.05) is 29.6 Å². The molecule has 0 saturated carbocycles. The van der Waals surface area contributed by atoms with Gasteiger partial charge in [-0.15, -0.1) is 0 Å². The average molecular weight is 378 g/mol. The summed E-state index contributed by atoms with van der Waals surface area (Å²) in [6, 6.07) is 15.3. The zero-order valence-corrected chi connectivity index (χ0v) is 15.5. The Bertz CT molecular complexity index is 1140. The maximum absolute atomic E-state index is 12.4. The van der Waals surface area contributed by atoms with Crippen molar-refractivity contribution in [2.24, 2.45) is 0 Å². The van der Waals surface area contributed by atoms with Crippen LogP contribution in [0, 0.1) is 6.92 Å². The van der Waals surface area contributed by atoms with E-state index in [0.29, 0.717) is 18.1 Å². The molecule has 4 rings (SSSR count). The minimum Gasteiger partial charge on any atom is -0.338 e. The summed E-state index contributed by atoms with van der Waals surface area (Å²) in [5.74, 6) is 0.563. The fraction of sp³-hybridized carbons (Fsp3) is 0.150. The van der Waals surface area contributed by atoms with Crippen molar-refractivity contribution in [1.82, 2.24) is 14.5 Å². The SMILES string of the molecule is Cc1csc(=O)n1CCC(=O)Nc1ccccc1-c1nc2ccccc2[nH]1. The maximum Gasteiger partial charge on any atom is 0.307 e. The zero-order chi connectivity index (χ0) is 18.8. The number of carbonyl (C=O) groups excluding carboxylic acids is 1. The fourth-order valence-electron chi connectivity index (χ4n) is 2.98. The summed E-state index contributed by atoms with van der Waals surface area (Å²) < 4.78 is 1.62. The number of benzene rings is 2. The first-order valence-electron chi connectivity index (χ1n) is 8.61. The Balaban J connectivity index is 1.54. The molecule has 0 aliphatic heterocycles. The Morgan fingerprint density at radius 1 is 1.19 bits per heavy atom. The molecular weight excluding hydrogens is 360 g/mol. The molecule has 4 aromatic rings. The minimum atomic E-state index is -0.143. The number of hydrogen-bond acceptors (Lipinski definition) is 4. The van der Waals surface area contributed by atoms with Crippen LogP contribution < -0.4 is 10.2 Å². The van der Waals surface area contributed by atoms with Gasteiger partial charge in [0.1, 0.15) is 5.82 Å². The van der Waals surface area contributed by atoms with Crippen LogP contribution in [0.3, 0.4) is 0 Å². The molecule has 0 atom stereocenters. The monoisotopic (exact) mass is 378 g/mol. The van der Waals surface area contributed by atoms with Crippen molar-refractivity contribution in [1.29, 1.82) is 0 Å². The van der Waals surface area contributed by atoms with Crippen LogP contribution in [0.4, 0.5) is 5.69 Å². The van der Waals surface area contributed by atoms with E-state index >= 15 is 0 Å². The molecule has 2 aromatic carbocycles. The highest BCUT2D eigenvalue weighted by atomic mass is 32.1. The van der Waals surface area contributed by atoms with Crippen molar-refractivity contribution in [3.8, 4) is 11.4 Å². The molecule has 2 heterocycles. The average Bonchev–Trinajstić information content (AvgIpc) is 3.24. The highest BCUT2D eigenvalue weighted by molar-refractivity contribution is 7.07. The summed E-state index contributed by atoms with van der Waals surface area (Å²) in [6.45, 7) is 2.24. The Kier molecular flexibility index (Phi) is 4.60. The normalized spacial score (nSPS) is 11.0. The Hall–Kier alpha value is -3.19. The third kappa shape index (κ3) is 3.54. The van der Waals surface area contributed by atoms with Crippen LogP contribution in [0.1, 0.15) is 12.1 Å². The number of nitrogens with one attached hydrogen (secondary N) is 2. The second-order valence-corrected chi connectivity index (χ2v) is 7.06. The molecule has 0 saturated heterocycles. The van der Waals surface area contributed by atoms with Crippen molar-refractivity contribution >= 4 is 34.0 Å². The van der Waals surface area contributed by atoms with E-state index in [4.69, 9.17) is 0 Å². The predicted molar refractivity (Wildman–Crippen MR) is 108 cm³/mol. The number of nitrogens with zero attached hydrogens (tertiary/aromatic N) is 2. The van der Waals surface area contributed by atoms with E-state index in [1.165, 1.54) is 0 Å². The van der Waals surface area contributed by atoms with Gasteiger partial charge in [0.05, 0.1) is 16.7 Å². The number of rotatable bonds is 5. The number of anilines is 1. The number of para-hydroxylation sites is 3. The van der Waals surface area contributed by atoms with E-state index in [0.717, 1.165) is 33.6 Å². The third-order valence-electron chi connectivity index (χ3n) is 4.38. The summed E-state index contributed by atoms with van der Waals surface area (Å²) in [4.78, 5) is 32.1. The van der Waals surface area contributed by atoms with Crippen LogP contribution in [-0.2, 0) is 11.3 Å². The Labute approximate surface area is 159 Å². The number of H-pyrrole nitrogens is 1. The van der Waals surface area contributed by atoms with Crippen LogP contribution in [0.2, 0.25) is 0 Å². The number of hydrogen-bond donors (Lipinski definition) is 2. The molecule has 0 unspecified atom stereocenters. The van der Waals surface area contributed by atoms with Gasteiger partial charge in [0.25, 0.3) is 0 Å². The summed E-state index contributed by atoms with van der Waals surface area (Å²) in [5, 5.41) is 4.75. The first-order valence-corrected chi connectivity index (χ1v) is 9.49. The lowest BCUT2D eigenvalue weighted by Gasteiger charge is -2.10. The molecule has 2 N–H and O–H groups in total. The number of amides is 1. The molecule has 0 spiro atoms. The highest BCUT2D eigenvalue weighted by Gasteiger charge is 2.12. The number of imidazole rings is 1. The Morgan fingerprint density at radius 3 is 2.74 bits per heavy atom. The standard InChI is InChI=1S/C20H18N4O2S/c1-13-12-27-20(26)24(13)11-10-18(25)21-15-7-3-2-6-14(15)19-22-16-8-4-5-9-17(16)23-19/h2-9,12H,10-11H2,1H3,(H,21,25)(H,22,23). The van der Waals surface area contributed by atoms with Gasteiger partial charge in [0.2, 0.25) is 5.91 Å². The van der Waals surface area contributed by atoms with E-state index in [1.807, 2.05) is 55.5 Å². The largest absolute Gasteiger partial charge is 0.338 e. The summed E-state index contributed by atoms with van der Waals surface area (Å²) in [7, 11) is 0. The fourth-order valence-corrected chi connectivity index (χ4v) is 3.74. The van der Waals surface area contributed by atoms with Gasteiger partial charge in [0.15, 0.2) is 0 Å². The van der Waals surface area contributed by atoms with Crippen LogP contribution in [-0.4, -0.2) is 20.4 Å². The van der Waals surface area contributed by atoms with Crippen LogP contribution >= 0.6 is 11.3 Å². The van der Waals surface area contributed by atoms with Gasteiger partial charge in [-0.05, 0) is 31.2 Å². The number of aromatic nitrogens is 3. The third-order valence-corrected chi connectivity index (χ3v) is 5.27. The number of thiazole rings is 1. The number of carbonyl (C=O) groups is 1. The molecule has 2 aromatic heterocycles. The van der Waals surface area contributed by atoms with Gasteiger partial charge in [-0.1, -0.05) is 35.6 Å². The summed E-state index contributed by atoms with van der Waals surface area (Å²) in [6.07, 6.45) is 0.228. The smallest absolute Gasteiger partial charge is 0.307 e. The first-order chi connectivity index (χ1) is 13.1. The van der Waals surface area contributed by atoms with Crippen molar-refractivity contribution in [3.63, 3.8) is 0 Å². The second-order valence-electron chi connectivity index (χ2n) is 6.24. The Morgan fingerprint density at radius 2 is 1.96 bits per heavy atom. The van der Waals surface area contributed by atoms with E-state index in [1.54, 1.807) is 9.95 Å². The van der Waals surface area contributed by atoms with Crippen molar-refractivity contribution < 1.29 is 4.79 Å². The molecule has 0 fully saturated rings. The van der Waals surface area contributed by atoms with Gasteiger partial charge in [-0.3, -0.25) is 9.59 Å². The number of aromatic amines is 1. The molecule has 1 amide bonds. The van der Waals surface area contributed by atoms with Gasteiger partial charge in [-0.25, -0.2) is 4.98 Å². The quantitative estimate of drug-likeness (QED) is 0.554. The summed E-state index contributed by atoms with van der Waals surface area (Å²) >= 11 is 1.15. The van der Waals surface area contributed by atoms with Crippen molar-refractivity contribution in [3.05, 3.63) is 69.3 Å². The van der Waals surface area contributed by atoms with Crippen molar-refractivity contribution in [2.45, 2.75) is 19.9 Å². The van der Waals surface area contributed by atoms with E-state index in [-0.39, 0.29) is 17.2 Å². The molecule has 6 nitrogen and oxygen atoms in total.